The highest BCUT2D eigenvalue weighted by atomic mass is 16.5. The van der Waals surface area contributed by atoms with Crippen molar-refractivity contribution in [3.8, 4) is 22.6 Å². The minimum Gasteiger partial charge on any atom is -0.496 e. The molecule has 4 heteroatoms. The summed E-state index contributed by atoms with van der Waals surface area (Å²) in [6.45, 7) is 0. The zero-order chi connectivity index (χ0) is 14.8. The summed E-state index contributed by atoms with van der Waals surface area (Å²) >= 11 is 0. The minimum atomic E-state index is -0.406. The maximum absolute atomic E-state index is 11.8. The maximum Gasteiger partial charge on any atom is 0.336 e. The molecule has 0 N–H and O–H groups in total. The van der Waals surface area contributed by atoms with Gasteiger partial charge in [0.15, 0.2) is 0 Å². The number of benzene rings is 2. The van der Waals surface area contributed by atoms with E-state index in [2.05, 4.69) is 0 Å². The van der Waals surface area contributed by atoms with Gasteiger partial charge in [0.05, 0.1) is 19.6 Å². The van der Waals surface area contributed by atoms with Crippen molar-refractivity contribution in [2.75, 3.05) is 14.2 Å². The lowest BCUT2D eigenvalue weighted by Crippen LogP contribution is -2.00. The molecule has 0 spiro atoms. The van der Waals surface area contributed by atoms with Crippen LogP contribution in [0.3, 0.4) is 0 Å². The smallest absolute Gasteiger partial charge is 0.336 e. The number of fused-ring (bicyclic) bond motifs is 1. The van der Waals surface area contributed by atoms with Gasteiger partial charge in [0.2, 0.25) is 0 Å². The van der Waals surface area contributed by atoms with Gasteiger partial charge in [-0.05, 0) is 18.2 Å². The molecule has 0 aliphatic heterocycles. The van der Waals surface area contributed by atoms with Crippen LogP contribution in [0.15, 0.2) is 57.7 Å². The Balaban J connectivity index is 2.44. The van der Waals surface area contributed by atoms with Crippen LogP contribution in [0.2, 0.25) is 0 Å². The molecule has 0 radical (unpaired) electrons. The maximum atomic E-state index is 11.8. The molecule has 0 amide bonds. The van der Waals surface area contributed by atoms with Crippen LogP contribution in [0.1, 0.15) is 0 Å². The quantitative estimate of drug-likeness (QED) is 0.690. The Hall–Kier alpha value is -2.75. The molecule has 0 aliphatic rings. The minimum absolute atomic E-state index is 0.406. The van der Waals surface area contributed by atoms with Crippen molar-refractivity contribution in [2.24, 2.45) is 0 Å². The van der Waals surface area contributed by atoms with Crippen molar-refractivity contribution in [1.82, 2.24) is 0 Å². The highest BCUT2D eigenvalue weighted by Crippen LogP contribution is 2.38. The first-order chi connectivity index (χ1) is 10.2. The van der Waals surface area contributed by atoms with Crippen molar-refractivity contribution in [3.05, 3.63) is 59.0 Å². The van der Waals surface area contributed by atoms with Gasteiger partial charge in [-0.1, -0.05) is 24.3 Å². The van der Waals surface area contributed by atoms with Gasteiger partial charge in [0.1, 0.15) is 17.1 Å². The van der Waals surface area contributed by atoms with Gasteiger partial charge in [-0.3, -0.25) is 0 Å². The van der Waals surface area contributed by atoms with Gasteiger partial charge < -0.3 is 13.9 Å². The molecule has 1 heterocycles. The number of rotatable bonds is 3. The van der Waals surface area contributed by atoms with Crippen LogP contribution < -0.4 is 15.1 Å². The Labute approximate surface area is 121 Å². The molecule has 0 saturated heterocycles. The lowest BCUT2D eigenvalue weighted by Gasteiger charge is -2.12. The molecule has 0 fully saturated rings. The Bertz CT molecular complexity index is 849. The standard InChI is InChI=1S/C17H14O4/c1-19-13-7-4-3-6-11(13)12-10-16(18)21-15-9-5-8-14(20-2)17(12)15/h3-10H,1-2H3. The van der Waals surface area contributed by atoms with Crippen molar-refractivity contribution in [2.45, 2.75) is 0 Å². The number of hydrogen-bond donors (Lipinski definition) is 0. The Kier molecular flexibility index (Phi) is 3.36. The second kappa shape index (κ2) is 5.32. The second-order valence-corrected chi connectivity index (χ2v) is 4.51. The fourth-order valence-corrected chi connectivity index (χ4v) is 2.44. The topological polar surface area (TPSA) is 48.7 Å². The van der Waals surface area contributed by atoms with E-state index < -0.39 is 5.63 Å². The van der Waals surface area contributed by atoms with Crippen LogP contribution in [-0.2, 0) is 0 Å². The molecule has 21 heavy (non-hydrogen) atoms. The third-order valence-electron chi connectivity index (χ3n) is 3.35. The van der Waals surface area contributed by atoms with Gasteiger partial charge in [-0.25, -0.2) is 4.79 Å². The predicted octanol–water partition coefficient (Wildman–Crippen LogP) is 3.48. The third-order valence-corrected chi connectivity index (χ3v) is 3.35. The monoisotopic (exact) mass is 282 g/mol. The van der Waals surface area contributed by atoms with Crippen molar-refractivity contribution >= 4 is 11.0 Å². The molecule has 2 aromatic carbocycles. The summed E-state index contributed by atoms with van der Waals surface area (Å²) in [4.78, 5) is 11.8. The molecular formula is C17H14O4. The summed E-state index contributed by atoms with van der Waals surface area (Å²) in [6.07, 6.45) is 0. The number of hydrogen-bond acceptors (Lipinski definition) is 4. The number of methoxy groups -OCH3 is 2. The van der Waals surface area contributed by atoms with Crippen molar-refractivity contribution < 1.29 is 13.9 Å². The van der Waals surface area contributed by atoms with E-state index in [0.717, 1.165) is 16.5 Å². The van der Waals surface area contributed by atoms with E-state index in [-0.39, 0.29) is 0 Å². The highest BCUT2D eigenvalue weighted by Gasteiger charge is 2.15. The zero-order valence-corrected chi connectivity index (χ0v) is 11.8. The number of para-hydroxylation sites is 1. The largest absolute Gasteiger partial charge is 0.496 e. The molecule has 0 bridgehead atoms. The molecule has 0 aliphatic carbocycles. The summed E-state index contributed by atoms with van der Waals surface area (Å²) in [6, 6.07) is 14.4. The van der Waals surface area contributed by atoms with Gasteiger partial charge in [0.25, 0.3) is 0 Å². The van der Waals surface area contributed by atoms with E-state index in [1.807, 2.05) is 30.3 Å². The third kappa shape index (κ3) is 2.25. The van der Waals surface area contributed by atoms with E-state index in [1.54, 1.807) is 26.4 Å². The van der Waals surface area contributed by atoms with Crippen LogP contribution >= 0.6 is 0 Å². The Morgan fingerprint density at radius 2 is 1.57 bits per heavy atom. The van der Waals surface area contributed by atoms with Gasteiger partial charge in [-0.15, -0.1) is 0 Å². The SMILES string of the molecule is COc1ccccc1-c1cc(=O)oc2cccc(OC)c12. The first-order valence-corrected chi connectivity index (χ1v) is 6.49. The van der Waals surface area contributed by atoms with E-state index in [0.29, 0.717) is 17.1 Å². The van der Waals surface area contributed by atoms with Crippen LogP contribution in [0.25, 0.3) is 22.1 Å². The molecule has 0 saturated carbocycles. The first-order valence-electron chi connectivity index (χ1n) is 6.49. The fraction of sp³-hybridized carbons (Fsp3) is 0.118. The Morgan fingerprint density at radius 3 is 2.33 bits per heavy atom. The number of ether oxygens (including phenoxy) is 2. The van der Waals surface area contributed by atoms with E-state index in [9.17, 15) is 4.79 Å². The van der Waals surface area contributed by atoms with Crippen molar-refractivity contribution in [1.29, 1.82) is 0 Å². The summed E-state index contributed by atoms with van der Waals surface area (Å²) in [7, 11) is 3.19. The highest BCUT2D eigenvalue weighted by molar-refractivity contribution is 5.99. The zero-order valence-electron chi connectivity index (χ0n) is 11.8. The van der Waals surface area contributed by atoms with Crippen LogP contribution in [0.5, 0.6) is 11.5 Å². The molecular weight excluding hydrogens is 268 g/mol. The summed E-state index contributed by atoms with van der Waals surface area (Å²) in [5.41, 5.74) is 1.64. The van der Waals surface area contributed by atoms with Crippen molar-refractivity contribution in [3.63, 3.8) is 0 Å². The van der Waals surface area contributed by atoms with E-state index in [1.165, 1.54) is 6.07 Å². The lowest BCUT2D eigenvalue weighted by atomic mass is 10.0. The summed E-state index contributed by atoms with van der Waals surface area (Å²) in [5.74, 6) is 1.34. The predicted molar refractivity (Wildman–Crippen MR) is 81.0 cm³/mol. The average molecular weight is 282 g/mol. The van der Waals surface area contributed by atoms with Crippen LogP contribution in [0, 0.1) is 0 Å². The van der Waals surface area contributed by atoms with Gasteiger partial charge in [-0.2, -0.15) is 0 Å². The summed E-state index contributed by atoms with van der Waals surface area (Å²) in [5, 5.41) is 0.754. The molecule has 1 aromatic heterocycles. The summed E-state index contributed by atoms with van der Waals surface area (Å²) < 4.78 is 16.1. The lowest BCUT2D eigenvalue weighted by molar-refractivity contribution is 0.415. The normalized spacial score (nSPS) is 10.6. The molecule has 4 nitrogen and oxygen atoms in total. The molecule has 3 rings (SSSR count). The molecule has 106 valence electrons. The van der Waals surface area contributed by atoms with Crippen LogP contribution in [0.4, 0.5) is 0 Å². The molecule has 0 atom stereocenters. The second-order valence-electron chi connectivity index (χ2n) is 4.51. The average Bonchev–Trinajstić information content (AvgIpc) is 2.53. The van der Waals surface area contributed by atoms with E-state index >= 15 is 0 Å². The first kappa shape index (κ1) is 13.2. The van der Waals surface area contributed by atoms with Gasteiger partial charge >= 0.3 is 5.63 Å². The van der Waals surface area contributed by atoms with Gasteiger partial charge in [0, 0.05) is 17.2 Å². The van der Waals surface area contributed by atoms with Crippen LogP contribution in [-0.4, -0.2) is 14.2 Å². The molecule has 3 aromatic rings. The molecule has 0 unspecified atom stereocenters. The fourth-order valence-electron chi connectivity index (χ4n) is 2.44. The Morgan fingerprint density at radius 1 is 0.857 bits per heavy atom. The van der Waals surface area contributed by atoms with E-state index in [4.69, 9.17) is 13.9 Å².